The van der Waals surface area contributed by atoms with Crippen LogP contribution in [-0.4, -0.2) is 19.1 Å². The van der Waals surface area contributed by atoms with E-state index in [-0.39, 0.29) is 0 Å². The molecule has 4 nitrogen and oxygen atoms in total. The molecule has 0 bridgehead atoms. The summed E-state index contributed by atoms with van der Waals surface area (Å²) in [7, 11) is 0. The van der Waals surface area contributed by atoms with Crippen LogP contribution in [-0.2, 0) is 0 Å². The van der Waals surface area contributed by atoms with Gasteiger partial charge in [0.1, 0.15) is 11.6 Å². The van der Waals surface area contributed by atoms with Crippen LogP contribution in [0.3, 0.4) is 0 Å². The molecule has 0 atom stereocenters. The SMILES string of the molecule is c1ccc(-c2ccccc2-c2c3ccc(-c4ccc(-c5ccc6c(c5)nc(-c5ccccc5)n6-c5ccccc5)cc4)cc3c(-c3ccccc3-c3ccccc3)c3ccc(-c4ccc(-c5ccc6c(c5)nc(-c5ccccc5)n6-c5ccccc5)cc4)cc23)cc1. The van der Waals surface area contributed by atoms with Crippen molar-refractivity contribution in [2.75, 3.05) is 0 Å². The molecule has 4 heteroatoms. The Bertz CT molecular complexity index is 5210. The van der Waals surface area contributed by atoms with E-state index in [1.54, 1.807) is 0 Å². The van der Waals surface area contributed by atoms with Crippen LogP contribution >= 0.6 is 0 Å². The van der Waals surface area contributed by atoms with E-state index in [1.807, 2.05) is 0 Å². The molecule has 15 aromatic carbocycles. The molecule has 430 valence electrons. The Morgan fingerprint density at radius 2 is 0.457 bits per heavy atom. The molecular weight excluding hydrogens is 1110 g/mol. The summed E-state index contributed by atoms with van der Waals surface area (Å²) in [4.78, 5) is 10.6. The van der Waals surface area contributed by atoms with Gasteiger partial charge in [0.25, 0.3) is 0 Å². The number of hydrogen-bond acceptors (Lipinski definition) is 2. The van der Waals surface area contributed by atoms with Crippen LogP contribution in [0.25, 0.3) is 167 Å². The molecule has 0 aliphatic carbocycles. The van der Waals surface area contributed by atoms with Gasteiger partial charge in [0.2, 0.25) is 0 Å². The van der Waals surface area contributed by atoms with Crippen molar-refractivity contribution in [3.63, 3.8) is 0 Å². The van der Waals surface area contributed by atoms with Crippen LogP contribution in [0.15, 0.2) is 352 Å². The Morgan fingerprint density at radius 1 is 0.185 bits per heavy atom. The van der Waals surface area contributed by atoms with Gasteiger partial charge in [0.05, 0.1) is 22.1 Å². The minimum Gasteiger partial charge on any atom is -0.292 e. The molecule has 92 heavy (non-hydrogen) atoms. The zero-order valence-electron chi connectivity index (χ0n) is 50.3. The minimum atomic E-state index is 0.920. The second-order valence-corrected chi connectivity index (χ2v) is 23.6. The highest BCUT2D eigenvalue weighted by Gasteiger charge is 2.24. The van der Waals surface area contributed by atoms with Gasteiger partial charge >= 0.3 is 0 Å². The zero-order chi connectivity index (χ0) is 60.9. The lowest BCUT2D eigenvalue weighted by Crippen LogP contribution is -1.97. The molecule has 0 saturated heterocycles. The van der Waals surface area contributed by atoms with E-state index in [1.165, 1.54) is 66.1 Å². The summed E-state index contributed by atoms with van der Waals surface area (Å²) >= 11 is 0. The molecule has 2 aromatic heterocycles. The monoisotopic (exact) mass is 1170 g/mol. The summed E-state index contributed by atoms with van der Waals surface area (Å²) in [6.07, 6.45) is 0. The Labute approximate surface area is 534 Å². The molecule has 0 spiro atoms. The Morgan fingerprint density at radius 3 is 0.804 bits per heavy atom. The largest absolute Gasteiger partial charge is 0.292 e. The minimum absolute atomic E-state index is 0.920. The van der Waals surface area contributed by atoms with E-state index < -0.39 is 0 Å². The summed E-state index contributed by atoms with van der Waals surface area (Å²) in [5.41, 5.74) is 26.9. The maximum Gasteiger partial charge on any atom is 0.145 e. The number of fused-ring (bicyclic) bond motifs is 4. The smallest absolute Gasteiger partial charge is 0.145 e. The van der Waals surface area contributed by atoms with Crippen molar-refractivity contribution >= 4 is 43.6 Å². The van der Waals surface area contributed by atoms with Crippen LogP contribution < -0.4 is 0 Å². The molecule has 0 N–H and O–H groups in total. The average molecular weight is 1170 g/mol. The fraction of sp³-hybridized carbons (Fsp3) is 0. The van der Waals surface area contributed by atoms with Crippen LogP contribution in [0.2, 0.25) is 0 Å². The lowest BCUT2D eigenvalue weighted by Gasteiger charge is -2.22. The van der Waals surface area contributed by atoms with Crippen LogP contribution in [0.4, 0.5) is 0 Å². The maximum absolute atomic E-state index is 5.29. The number of imidazole rings is 2. The van der Waals surface area contributed by atoms with Crippen LogP contribution in [0.1, 0.15) is 0 Å². The second kappa shape index (κ2) is 23.0. The van der Waals surface area contributed by atoms with Crippen molar-refractivity contribution in [2.45, 2.75) is 0 Å². The first-order valence-corrected chi connectivity index (χ1v) is 31.4. The third kappa shape index (κ3) is 9.66. The quantitative estimate of drug-likeness (QED) is 0.114. The highest BCUT2D eigenvalue weighted by Crippen LogP contribution is 2.50. The molecule has 0 amide bonds. The Hall–Kier alpha value is -12.2. The van der Waals surface area contributed by atoms with Crippen molar-refractivity contribution in [1.82, 2.24) is 19.1 Å². The molecule has 0 radical (unpaired) electrons. The van der Waals surface area contributed by atoms with E-state index in [0.717, 1.165) is 101 Å². The van der Waals surface area contributed by atoms with Crippen molar-refractivity contribution < 1.29 is 0 Å². The van der Waals surface area contributed by atoms with Crippen molar-refractivity contribution in [2.24, 2.45) is 0 Å². The fourth-order valence-electron chi connectivity index (χ4n) is 13.8. The summed E-state index contributed by atoms with van der Waals surface area (Å²) in [5, 5.41) is 4.75. The number of aromatic nitrogens is 4. The van der Waals surface area contributed by atoms with Crippen molar-refractivity contribution in [1.29, 1.82) is 0 Å². The summed E-state index contributed by atoms with van der Waals surface area (Å²) in [5.74, 6) is 1.84. The van der Waals surface area contributed by atoms with Gasteiger partial charge in [-0.15, -0.1) is 0 Å². The molecule has 0 saturated carbocycles. The number of para-hydroxylation sites is 2. The molecule has 2 heterocycles. The third-order valence-electron chi connectivity index (χ3n) is 18.2. The van der Waals surface area contributed by atoms with Gasteiger partial charge in [0, 0.05) is 22.5 Å². The first-order chi connectivity index (χ1) is 45.6. The van der Waals surface area contributed by atoms with Gasteiger partial charge in [0.15, 0.2) is 0 Å². The standard InChI is InChI=1S/C88H58N4/c1-7-23-63(24-8-1)73-35-19-21-37-75(73)85-77-51-47-68(60-41-45-62(46-42-60)70-50-54-84-82(58-70)90-88(66-29-13-4-14-30-66)92(84)72-33-17-6-18-34-72)56-80(77)86(76-38-22-20-36-74(76)64-25-9-2-10-26-64)78-52-48-67(55-79(78)85)59-39-43-61(44-40-59)69-49-53-83-81(57-69)89-87(65-27-11-3-12-28-65)91(83)71-31-15-5-16-32-71/h1-58H. The average Bonchev–Trinajstić information content (AvgIpc) is 1.03. The summed E-state index contributed by atoms with van der Waals surface area (Å²) in [6.45, 7) is 0. The molecular formula is C88H58N4. The summed E-state index contributed by atoms with van der Waals surface area (Å²) in [6, 6.07) is 127. The van der Waals surface area contributed by atoms with Gasteiger partial charge in [-0.1, -0.05) is 291 Å². The van der Waals surface area contributed by atoms with E-state index in [0.29, 0.717) is 0 Å². The van der Waals surface area contributed by atoms with Gasteiger partial charge < -0.3 is 0 Å². The van der Waals surface area contributed by atoms with E-state index in [9.17, 15) is 0 Å². The van der Waals surface area contributed by atoms with Gasteiger partial charge in [-0.25, -0.2) is 9.97 Å². The number of rotatable bonds is 12. The highest BCUT2D eigenvalue weighted by atomic mass is 15.1. The van der Waals surface area contributed by atoms with E-state index in [2.05, 4.69) is 361 Å². The van der Waals surface area contributed by atoms with E-state index >= 15 is 0 Å². The summed E-state index contributed by atoms with van der Waals surface area (Å²) < 4.78 is 4.53. The molecule has 0 unspecified atom stereocenters. The van der Waals surface area contributed by atoms with Crippen LogP contribution in [0.5, 0.6) is 0 Å². The Kier molecular flexibility index (Phi) is 13.5. The topological polar surface area (TPSA) is 35.6 Å². The molecule has 17 aromatic rings. The normalized spacial score (nSPS) is 11.5. The number of nitrogens with zero attached hydrogens (tertiary/aromatic N) is 4. The lowest BCUT2D eigenvalue weighted by molar-refractivity contribution is 1.10. The lowest BCUT2D eigenvalue weighted by atomic mass is 9.81. The van der Waals surface area contributed by atoms with Gasteiger partial charge in [-0.05, 0) is 171 Å². The highest BCUT2D eigenvalue weighted by molar-refractivity contribution is 6.24. The van der Waals surface area contributed by atoms with Crippen molar-refractivity contribution in [3.8, 4) is 123 Å². The fourth-order valence-corrected chi connectivity index (χ4v) is 13.8. The zero-order valence-corrected chi connectivity index (χ0v) is 50.3. The maximum atomic E-state index is 5.29. The second-order valence-electron chi connectivity index (χ2n) is 23.6. The third-order valence-corrected chi connectivity index (χ3v) is 18.2. The first kappa shape index (κ1) is 54.0. The van der Waals surface area contributed by atoms with E-state index in [4.69, 9.17) is 9.97 Å². The van der Waals surface area contributed by atoms with Gasteiger partial charge in [-0.2, -0.15) is 0 Å². The molecule has 17 rings (SSSR count). The number of benzene rings is 15. The molecule has 0 aliphatic rings. The van der Waals surface area contributed by atoms with Crippen molar-refractivity contribution in [3.05, 3.63) is 352 Å². The van der Waals surface area contributed by atoms with Crippen LogP contribution in [0, 0.1) is 0 Å². The predicted molar refractivity (Wildman–Crippen MR) is 385 cm³/mol. The molecule has 0 fully saturated rings. The predicted octanol–water partition coefficient (Wildman–Crippen LogP) is 23.3. The number of hydrogen-bond donors (Lipinski definition) is 0. The van der Waals surface area contributed by atoms with Gasteiger partial charge in [-0.3, -0.25) is 9.13 Å². The molecule has 0 aliphatic heterocycles. The Balaban J connectivity index is 0.814. The first-order valence-electron chi connectivity index (χ1n) is 31.4.